The van der Waals surface area contributed by atoms with Gasteiger partial charge in [-0.05, 0) is 30.5 Å². The van der Waals surface area contributed by atoms with Crippen LogP contribution in [0.3, 0.4) is 0 Å². The van der Waals surface area contributed by atoms with E-state index in [1.807, 2.05) is 30.3 Å². The van der Waals surface area contributed by atoms with Gasteiger partial charge < -0.3 is 14.8 Å². The second kappa shape index (κ2) is 10.3. The van der Waals surface area contributed by atoms with Gasteiger partial charge in [0.1, 0.15) is 13.2 Å². The zero-order valence-corrected chi connectivity index (χ0v) is 17.0. The van der Waals surface area contributed by atoms with Gasteiger partial charge in [0.05, 0.1) is 4.90 Å². The molecule has 1 heterocycles. The molecule has 156 valence electrons. The fourth-order valence-corrected chi connectivity index (χ4v) is 4.04. The van der Waals surface area contributed by atoms with Crippen molar-refractivity contribution in [3.8, 4) is 11.5 Å². The van der Waals surface area contributed by atoms with Crippen LogP contribution in [0.25, 0.3) is 0 Å². The summed E-state index contributed by atoms with van der Waals surface area (Å²) in [5.41, 5.74) is 1.06. The summed E-state index contributed by atoms with van der Waals surface area (Å²) in [7, 11) is -3.60. The molecule has 2 aromatic rings. The van der Waals surface area contributed by atoms with Crippen molar-refractivity contribution in [2.24, 2.45) is 0 Å². The molecule has 0 saturated heterocycles. The fourth-order valence-electron chi connectivity index (χ4n) is 2.95. The van der Waals surface area contributed by atoms with Crippen LogP contribution in [0.4, 0.5) is 0 Å². The van der Waals surface area contributed by atoms with Gasteiger partial charge in [-0.15, -0.1) is 0 Å². The number of hydrogen-bond donors (Lipinski definition) is 2. The molecule has 0 fully saturated rings. The van der Waals surface area contributed by atoms with Crippen LogP contribution < -0.4 is 19.5 Å². The average molecular weight is 419 g/mol. The predicted octanol–water partition coefficient (Wildman–Crippen LogP) is 2.61. The molecule has 1 amide bonds. The molecule has 0 spiro atoms. The van der Waals surface area contributed by atoms with Gasteiger partial charge >= 0.3 is 0 Å². The summed E-state index contributed by atoms with van der Waals surface area (Å²) in [5.74, 6) is 1.01. The van der Waals surface area contributed by atoms with Gasteiger partial charge in [-0.2, -0.15) is 0 Å². The second-order valence-electron chi connectivity index (χ2n) is 6.78. The lowest BCUT2D eigenvalue weighted by molar-refractivity contribution is -0.121. The number of carbonyl (C=O) groups excluding carboxylic acids is 1. The van der Waals surface area contributed by atoms with Crippen LogP contribution in [0, 0.1) is 0 Å². The average Bonchev–Trinajstić information content (AvgIpc) is 2.75. The normalized spacial score (nSPS) is 13.1. The molecule has 2 N–H and O–H groups in total. The molecule has 1 aliphatic heterocycles. The summed E-state index contributed by atoms with van der Waals surface area (Å²) < 4.78 is 38.2. The van der Waals surface area contributed by atoms with Crippen LogP contribution in [-0.2, 0) is 21.4 Å². The van der Waals surface area contributed by atoms with E-state index in [4.69, 9.17) is 9.47 Å². The van der Waals surface area contributed by atoms with E-state index >= 15 is 0 Å². The first-order valence-corrected chi connectivity index (χ1v) is 11.2. The number of ether oxygens (including phenoxy) is 2. The third kappa shape index (κ3) is 6.47. The van der Waals surface area contributed by atoms with Gasteiger partial charge in [0.2, 0.25) is 15.9 Å². The number of unbranched alkanes of at least 4 members (excludes halogenated alkanes) is 2. The highest BCUT2D eigenvalue weighted by atomic mass is 32.2. The lowest BCUT2D eigenvalue weighted by Gasteiger charge is -2.18. The lowest BCUT2D eigenvalue weighted by atomic mass is 10.2. The first-order chi connectivity index (χ1) is 14.0. The summed E-state index contributed by atoms with van der Waals surface area (Å²) in [6.07, 6.45) is 2.58. The summed E-state index contributed by atoms with van der Waals surface area (Å²) in [6, 6.07) is 14.3. The molecule has 0 aliphatic carbocycles. The second-order valence-corrected chi connectivity index (χ2v) is 8.54. The highest BCUT2D eigenvalue weighted by molar-refractivity contribution is 7.89. The van der Waals surface area contributed by atoms with Crippen molar-refractivity contribution in [1.29, 1.82) is 0 Å². The third-order valence-corrected chi connectivity index (χ3v) is 5.99. The van der Waals surface area contributed by atoms with E-state index < -0.39 is 10.0 Å². The molecule has 0 bridgehead atoms. The molecule has 0 unspecified atom stereocenters. The molecule has 7 nitrogen and oxygen atoms in total. The molecule has 3 rings (SSSR count). The molecule has 29 heavy (non-hydrogen) atoms. The van der Waals surface area contributed by atoms with Crippen LogP contribution in [0.15, 0.2) is 53.4 Å². The van der Waals surface area contributed by atoms with Gasteiger partial charge in [0.25, 0.3) is 0 Å². The SMILES string of the molecule is O=C(CCCCCNS(=O)(=O)c1ccc2c(c1)OCCO2)NCc1ccccc1. The van der Waals surface area contributed by atoms with Crippen molar-refractivity contribution in [1.82, 2.24) is 10.0 Å². The number of benzene rings is 2. The van der Waals surface area contributed by atoms with Crippen molar-refractivity contribution in [2.45, 2.75) is 37.1 Å². The minimum absolute atomic E-state index is 0.00529. The number of carbonyl (C=O) groups is 1. The Morgan fingerprint density at radius 2 is 1.69 bits per heavy atom. The number of nitrogens with one attached hydrogen (secondary N) is 2. The quantitative estimate of drug-likeness (QED) is 0.579. The highest BCUT2D eigenvalue weighted by Crippen LogP contribution is 2.32. The zero-order chi connectivity index (χ0) is 20.5. The summed E-state index contributed by atoms with van der Waals surface area (Å²) in [6.45, 7) is 1.71. The van der Waals surface area contributed by atoms with Crippen LogP contribution in [0.1, 0.15) is 31.2 Å². The molecule has 1 aliphatic rings. The molecular formula is C21H26N2O5S. The molecule has 0 radical (unpaired) electrons. The van der Waals surface area contributed by atoms with E-state index in [-0.39, 0.29) is 10.8 Å². The number of fused-ring (bicyclic) bond motifs is 1. The maximum Gasteiger partial charge on any atom is 0.240 e. The molecular weight excluding hydrogens is 392 g/mol. The highest BCUT2D eigenvalue weighted by Gasteiger charge is 2.18. The van der Waals surface area contributed by atoms with Crippen molar-refractivity contribution in [3.05, 3.63) is 54.1 Å². The zero-order valence-electron chi connectivity index (χ0n) is 16.2. The summed E-state index contributed by atoms with van der Waals surface area (Å²) in [5, 5.41) is 2.89. The fraction of sp³-hybridized carbons (Fsp3) is 0.381. The Bertz CT molecular complexity index is 916. The van der Waals surface area contributed by atoms with Crippen LogP contribution in [0.5, 0.6) is 11.5 Å². The maximum absolute atomic E-state index is 12.4. The van der Waals surface area contributed by atoms with Gasteiger partial charge in [0.15, 0.2) is 11.5 Å². The van der Waals surface area contributed by atoms with Crippen molar-refractivity contribution >= 4 is 15.9 Å². The number of hydrogen-bond acceptors (Lipinski definition) is 5. The Morgan fingerprint density at radius 3 is 2.48 bits per heavy atom. The minimum Gasteiger partial charge on any atom is -0.486 e. The Hall–Kier alpha value is -2.58. The molecule has 2 aromatic carbocycles. The Labute approximate surface area is 171 Å². The van der Waals surface area contributed by atoms with E-state index in [2.05, 4.69) is 10.0 Å². The monoisotopic (exact) mass is 418 g/mol. The van der Waals surface area contributed by atoms with Crippen LogP contribution in [-0.4, -0.2) is 34.1 Å². The third-order valence-electron chi connectivity index (χ3n) is 4.53. The maximum atomic E-state index is 12.4. The van der Waals surface area contributed by atoms with Gasteiger partial charge in [-0.3, -0.25) is 4.79 Å². The van der Waals surface area contributed by atoms with Crippen LogP contribution >= 0.6 is 0 Å². The summed E-state index contributed by atoms with van der Waals surface area (Å²) in [4.78, 5) is 12.0. The number of amides is 1. The van der Waals surface area contributed by atoms with E-state index in [9.17, 15) is 13.2 Å². The molecule has 0 aromatic heterocycles. The minimum atomic E-state index is -3.60. The van der Waals surface area contributed by atoms with E-state index in [1.165, 1.54) is 12.1 Å². The first kappa shape index (κ1) is 21.1. The van der Waals surface area contributed by atoms with Gasteiger partial charge in [0, 0.05) is 25.6 Å². The van der Waals surface area contributed by atoms with E-state index in [0.717, 1.165) is 12.0 Å². The largest absolute Gasteiger partial charge is 0.486 e. The predicted molar refractivity (Wildman–Crippen MR) is 109 cm³/mol. The number of sulfonamides is 1. The molecule has 0 saturated carbocycles. The van der Waals surface area contributed by atoms with E-state index in [0.29, 0.717) is 57.1 Å². The van der Waals surface area contributed by atoms with Gasteiger partial charge in [-0.25, -0.2) is 13.1 Å². The Kier molecular flexibility index (Phi) is 7.48. The molecule has 8 heteroatoms. The first-order valence-electron chi connectivity index (χ1n) is 9.74. The van der Waals surface area contributed by atoms with Crippen molar-refractivity contribution in [2.75, 3.05) is 19.8 Å². The topological polar surface area (TPSA) is 93.7 Å². The molecule has 0 atom stereocenters. The Morgan fingerprint density at radius 1 is 0.931 bits per heavy atom. The summed E-state index contributed by atoms with van der Waals surface area (Å²) >= 11 is 0. The standard InChI is InChI=1S/C21H26N2O5S/c24-21(22-16-17-7-3-1-4-8-17)9-5-2-6-12-23-29(25,26)18-10-11-19-20(15-18)28-14-13-27-19/h1,3-4,7-8,10-11,15,23H,2,5-6,9,12-14,16H2,(H,22,24). The Balaban J connectivity index is 1.33. The number of rotatable bonds is 10. The lowest BCUT2D eigenvalue weighted by Crippen LogP contribution is -2.25. The van der Waals surface area contributed by atoms with Crippen LogP contribution in [0.2, 0.25) is 0 Å². The van der Waals surface area contributed by atoms with Gasteiger partial charge in [-0.1, -0.05) is 36.8 Å². The van der Waals surface area contributed by atoms with E-state index in [1.54, 1.807) is 6.07 Å². The van der Waals surface area contributed by atoms with Crippen molar-refractivity contribution in [3.63, 3.8) is 0 Å². The van der Waals surface area contributed by atoms with Crippen molar-refractivity contribution < 1.29 is 22.7 Å². The smallest absolute Gasteiger partial charge is 0.240 e.